The first-order valence-electron chi connectivity index (χ1n) is 7.08. The molecule has 0 amide bonds. The highest BCUT2D eigenvalue weighted by Crippen LogP contribution is 2.23. The molecule has 2 aliphatic heterocycles. The Labute approximate surface area is 112 Å². The van der Waals surface area contributed by atoms with Gasteiger partial charge in [0.2, 0.25) is 0 Å². The van der Waals surface area contributed by atoms with Gasteiger partial charge in [-0.3, -0.25) is 4.79 Å². The van der Waals surface area contributed by atoms with Gasteiger partial charge in [-0.2, -0.15) is 0 Å². The maximum Gasteiger partial charge on any atom is 0.308 e. The zero-order valence-electron chi connectivity index (χ0n) is 11.0. The second-order valence-corrected chi connectivity index (χ2v) is 5.61. The van der Waals surface area contributed by atoms with Crippen LogP contribution < -0.4 is 5.32 Å². The van der Waals surface area contributed by atoms with Gasteiger partial charge >= 0.3 is 5.97 Å². The zero-order chi connectivity index (χ0) is 13.2. The topological polar surface area (TPSA) is 80.0 Å². The molecule has 0 spiro atoms. The first-order valence-corrected chi connectivity index (χ1v) is 7.08. The summed E-state index contributed by atoms with van der Waals surface area (Å²) in [5, 5.41) is 21.0. The third-order valence-corrected chi connectivity index (χ3v) is 4.30. The Morgan fingerprint density at radius 3 is 2.84 bits per heavy atom. The van der Waals surface area contributed by atoms with Gasteiger partial charge in [0.05, 0.1) is 5.92 Å². The van der Waals surface area contributed by atoms with Crippen molar-refractivity contribution in [3.63, 3.8) is 0 Å². The Hall–Kier alpha value is -1.43. The molecule has 6 heteroatoms. The summed E-state index contributed by atoms with van der Waals surface area (Å²) >= 11 is 0. The number of fused-ring (bicyclic) bond motifs is 1. The molecule has 2 aliphatic rings. The van der Waals surface area contributed by atoms with E-state index in [-0.39, 0.29) is 5.92 Å². The molecule has 0 aromatic carbocycles. The van der Waals surface area contributed by atoms with Crippen molar-refractivity contribution in [3.05, 3.63) is 11.6 Å². The molecule has 3 rings (SSSR count). The van der Waals surface area contributed by atoms with Crippen LogP contribution in [0.15, 0.2) is 0 Å². The van der Waals surface area contributed by atoms with Gasteiger partial charge in [0.1, 0.15) is 11.6 Å². The molecule has 0 saturated carbocycles. The van der Waals surface area contributed by atoms with Crippen molar-refractivity contribution in [2.24, 2.45) is 11.8 Å². The van der Waals surface area contributed by atoms with Gasteiger partial charge in [-0.1, -0.05) is 0 Å². The van der Waals surface area contributed by atoms with Crippen LogP contribution >= 0.6 is 0 Å². The van der Waals surface area contributed by atoms with Crippen molar-refractivity contribution in [1.29, 1.82) is 0 Å². The number of rotatable bonds is 3. The van der Waals surface area contributed by atoms with Crippen molar-refractivity contribution in [3.8, 4) is 0 Å². The summed E-state index contributed by atoms with van der Waals surface area (Å²) in [4.78, 5) is 11.1. The van der Waals surface area contributed by atoms with E-state index in [1.54, 1.807) is 0 Å². The standard InChI is InChI=1S/C13H20N4O2/c18-13(19)10-1-2-11-15-16-12(17(11)8-10)7-9-3-5-14-6-4-9/h9-10,14H,1-8H2,(H,18,19). The normalized spacial score (nSPS) is 24.1. The van der Waals surface area contributed by atoms with E-state index in [9.17, 15) is 4.79 Å². The molecule has 3 heterocycles. The Kier molecular flexibility index (Phi) is 3.50. The van der Waals surface area contributed by atoms with Crippen LogP contribution in [0.3, 0.4) is 0 Å². The van der Waals surface area contributed by atoms with Crippen molar-refractivity contribution >= 4 is 5.97 Å². The van der Waals surface area contributed by atoms with E-state index in [2.05, 4.69) is 15.5 Å². The molecule has 0 aliphatic carbocycles. The van der Waals surface area contributed by atoms with Gasteiger partial charge < -0.3 is 15.0 Å². The van der Waals surface area contributed by atoms with Gasteiger partial charge in [0.25, 0.3) is 0 Å². The van der Waals surface area contributed by atoms with E-state index in [0.29, 0.717) is 18.9 Å². The summed E-state index contributed by atoms with van der Waals surface area (Å²) in [6.45, 7) is 2.69. The van der Waals surface area contributed by atoms with E-state index in [4.69, 9.17) is 5.11 Å². The number of hydrogen-bond donors (Lipinski definition) is 2. The summed E-state index contributed by atoms with van der Waals surface area (Å²) < 4.78 is 2.05. The van der Waals surface area contributed by atoms with E-state index in [1.165, 1.54) is 12.8 Å². The fourth-order valence-electron chi connectivity index (χ4n) is 3.08. The minimum absolute atomic E-state index is 0.282. The largest absolute Gasteiger partial charge is 0.481 e. The smallest absolute Gasteiger partial charge is 0.308 e. The quantitative estimate of drug-likeness (QED) is 0.829. The molecule has 1 saturated heterocycles. The molecule has 104 valence electrons. The van der Waals surface area contributed by atoms with E-state index < -0.39 is 5.97 Å². The van der Waals surface area contributed by atoms with Gasteiger partial charge in [-0.15, -0.1) is 10.2 Å². The Balaban J connectivity index is 1.73. The maximum atomic E-state index is 11.1. The molecule has 19 heavy (non-hydrogen) atoms. The molecule has 2 N–H and O–H groups in total. The number of aliphatic carboxylic acids is 1. The lowest BCUT2D eigenvalue weighted by Gasteiger charge is -2.24. The number of hydrogen-bond acceptors (Lipinski definition) is 4. The number of nitrogens with one attached hydrogen (secondary N) is 1. The summed E-state index contributed by atoms with van der Waals surface area (Å²) in [5.74, 6) is 1.61. The van der Waals surface area contributed by atoms with Crippen molar-refractivity contribution < 1.29 is 9.90 Å². The lowest BCUT2D eigenvalue weighted by molar-refractivity contribution is -0.142. The van der Waals surface area contributed by atoms with Crippen molar-refractivity contribution in [1.82, 2.24) is 20.1 Å². The zero-order valence-corrected chi connectivity index (χ0v) is 11.0. The third-order valence-electron chi connectivity index (χ3n) is 4.30. The molecular formula is C13H20N4O2. The molecule has 1 atom stereocenters. The number of nitrogens with zero attached hydrogens (tertiary/aromatic N) is 3. The first-order chi connectivity index (χ1) is 9.24. The van der Waals surface area contributed by atoms with E-state index in [0.717, 1.165) is 37.6 Å². The van der Waals surface area contributed by atoms with Crippen molar-refractivity contribution in [2.45, 2.75) is 38.6 Å². The second kappa shape index (κ2) is 5.28. The number of aromatic nitrogens is 3. The van der Waals surface area contributed by atoms with E-state index in [1.807, 2.05) is 4.57 Å². The van der Waals surface area contributed by atoms with Crippen LogP contribution in [0.2, 0.25) is 0 Å². The van der Waals surface area contributed by atoms with Crippen LogP contribution in [0, 0.1) is 11.8 Å². The number of carboxylic acids is 1. The van der Waals surface area contributed by atoms with Crippen LogP contribution in [-0.2, 0) is 24.2 Å². The molecule has 1 aromatic heterocycles. The summed E-state index contributed by atoms with van der Waals surface area (Å²) in [7, 11) is 0. The van der Waals surface area contributed by atoms with Crippen LogP contribution in [0.25, 0.3) is 0 Å². The number of piperidine rings is 1. The van der Waals surface area contributed by atoms with Gasteiger partial charge in [0, 0.05) is 19.4 Å². The van der Waals surface area contributed by atoms with Crippen molar-refractivity contribution in [2.75, 3.05) is 13.1 Å². The predicted octanol–water partition coefficient (Wildman–Crippen LogP) is 0.467. The van der Waals surface area contributed by atoms with Gasteiger partial charge in [-0.05, 0) is 38.3 Å². The Bertz CT molecular complexity index is 465. The highest BCUT2D eigenvalue weighted by atomic mass is 16.4. The number of carbonyl (C=O) groups is 1. The summed E-state index contributed by atoms with van der Waals surface area (Å²) in [5.41, 5.74) is 0. The summed E-state index contributed by atoms with van der Waals surface area (Å²) in [6.07, 6.45) is 4.69. The van der Waals surface area contributed by atoms with E-state index >= 15 is 0 Å². The average Bonchev–Trinajstić information content (AvgIpc) is 2.82. The fraction of sp³-hybridized carbons (Fsp3) is 0.769. The monoisotopic (exact) mass is 264 g/mol. The lowest BCUT2D eigenvalue weighted by atomic mass is 9.93. The maximum absolute atomic E-state index is 11.1. The minimum atomic E-state index is -0.702. The van der Waals surface area contributed by atoms with Crippen LogP contribution in [-0.4, -0.2) is 38.9 Å². The summed E-state index contributed by atoms with van der Waals surface area (Å²) in [6, 6.07) is 0. The number of aryl methyl sites for hydroxylation is 1. The Morgan fingerprint density at radius 2 is 2.11 bits per heavy atom. The highest BCUT2D eigenvalue weighted by molar-refractivity contribution is 5.70. The molecule has 1 aromatic rings. The highest BCUT2D eigenvalue weighted by Gasteiger charge is 2.28. The van der Waals surface area contributed by atoms with Gasteiger partial charge in [0.15, 0.2) is 0 Å². The van der Waals surface area contributed by atoms with Crippen LogP contribution in [0.4, 0.5) is 0 Å². The second-order valence-electron chi connectivity index (χ2n) is 5.61. The molecule has 6 nitrogen and oxygen atoms in total. The SMILES string of the molecule is O=C(O)C1CCc2nnc(CC3CCNCC3)n2C1. The lowest BCUT2D eigenvalue weighted by Crippen LogP contribution is -2.31. The molecular weight excluding hydrogens is 244 g/mol. The number of carboxylic acid groups (broad SMARTS) is 1. The molecule has 0 radical (unpaired) electrons. The molecule has 1 fully saturated rings. The first kappa shape index (κ1) is 12.6. The fourth-order valence-corrected chi connectivity index (χ4v) is 3.08. The van der Waals surface area contributed by atoms with Crippen LogP contribution in [0.5, 0.6) is 0 Å². The molecule has 1 unspecified atom stereocenters. The minimum Gasteiger partial charge on any atom is -0.481 e. The Morgan fingerprint density at radius 1 is 1.32 bits per heavy atom. The average molecular weight is 264 g/mol. The van der Waals surface area contributed by atoms with Crippen LogP contribution in [0.1, 0.15) is 30.9 Å². The van der Waals surface area contributed by atoms with Gasteiger partial charge in [-0.25, -0.2) is 0 Å². The molecule has 0 bridgehead atoms. The predicted molar refractivity (Wildman–Crippen MR) is 68.8 cm³/mol. The third kappa shape index (κ3) is 2.63.